The first kappa shape index (κ1) is 16.9. The van der Waals surface area contributed by atoms with Crippen molar-refractivity contribution in [1.29, 1.82) is 0 Å². The summed E-state index contributed by atoms with van der Waals surface area (Å²) in [4.78, 5) is 11.9. The predicted octanol–water partition coefficient (Wildman–Crippen LogP) is 1.71. The first-order valence-electron chi connectivity index (χ1n) is 7.37. The van der Waals surface area contributed by atoms with E-state index in [4.69, 9.17) is 0 Å². The number of rotatable bonds is 6. The van der Waals surface area contributed by atoms with Gasteiger partial charge in [0, 0.05) is 24.7 Å². The molecule has 0 aromatic heterocycles. The van der Waals surface area contributed by atoms with Crippen molar-refractivity contribution in [3.63, 3.8) is 0 Å². The van der Waals surface area contributed by atoms with E-state index in [0.717, 1.165) is 0 Å². The SMILES string of the molecule is C[C@@H](CC(=O)Nc1ccc(F)cc1)NC[C@@H]1CCCS1(=O)=O. The van der Waals surface area contributed by atoms with Gasteiger partial charge in [-0.1, -0.05) is 0 Å². The van der Waals surface area contributed by atoms with Gasteiger partial charge in [0.15, 0.2) is 9.84 Å². The zero-order valence-electron chi connectivity index (χ0n) is 12.5. The van der Waals surface area contributed by atoms with Crippen LogP contribution in [0.4, 0.5) is 10.1 Å². The number of benzene rings is 1. The minimum Gasteiger partial charge on any atom is -0.326 e. The van der Waals surface area contributed by atoms with E-state index in [9.17, 15) is 17.6 Å². The Morgan fingerprint density at radius 1 is 1.36 bits per heavy atom. The summed E-state index contributed by atoms with van der Waals surface area (Å²) in [5.41, 5.74) is 0.539. The molecule has 1 saturated heterocycles. The van der Waals surface area contributed by atoms with E-state index in [-0.39, 0.29) is 35.2 Å². The number of nitrogens with one attached hydrogen (secondary N) is 2. The summed E-state index contributed by atoms with van der Waals surface area (Å²) in [6, 6.07) is 5.42. The fourth-order valence-corrected chi connectivity index (χ4v) is 4.29. The van der Waals surface area contributed by atoms with E-state index in [2.05, 4.69) is 10.6 Å². The molecule has 122 valence electrons. The van der Waals surface area contributed by atoms with Crippen LogP contribution in [0.1, 0.15) is 26.2 Å². The standard InChI is InChI=1S/C15H21FN2O3S/c1-11(17-10-14-3-2-8-22(14,20)21)9-15(19)18-13-6-4-12(16)5-7-13/h4-7,11,14,17H,2-3,8-10H2,1H3,(H,18,19)/t11-,14-/m0/s1. The van der Waals surface area contributed by atoms with Gasteiger partial charge in [0.1, 0.15) is 5.82 Å². The lowest BCUT2D eigenvalue weighted by Gasteiger charge is -2.16. The van der Waals surface area contributed by atoms with Crippen LogP contribution in [0, 0.1) is 5.82 Å². The first-order valence-corrected chi connectivity index (χ1v) is 9.09. The Kier molecular flexibility index (Phi) is 5.52. The van der Waals surface area contributed by atoms with Gasteiger partial charge in [-0.05, 0) is 44.0 Å². The van der Waals surface area contributed by atoms with Crippen molar-refractivity contribution in [2.75, 3.05) is 17.6 Å². The highest BCUT2D eigenvalue weighted by atomic mass is 32.2. The molecule has 5 nitrogen and oxygen atoms in total. The van der Waals surface area contributed by atoms with E-state index in [1.165, 1.54) is 24.3 Å². The first-order chi connectivity index (χ1) is 10.4. The quantitative estimate of drug-likeness (QED) is 0.833. The predicted molar refractivity (Wildman–Crippen MR) is 83.9 cm³/mol. The molecule has 0 saturated carbocycles. The normalized spacial score (nSPS) is 21.5. The third-order valence-corrected chi connectivity index (χ3v) is 6.05. The summed E-state index contributed by atoms with van der Waals surface area (Å²) in [5, 5.41) is 5.45. The molecule has 1 aliphatic heterocycles. The Bertz CT molecular complexity index is 616. The Morgan fingerprint density at radius 3 is 2.64 bits per heavy atom. The maximum absolute atomic E-state index is 12.8. The van der Waals surface area contributed by atoms with Gasteiger partial charge < -0.3 is 10.6 Å². The molecule has 2 N–H and O–H groups in total. The van der Waals surface area contributed by atoms with Crippen molar-refractivity contribution in [3.8, 4) is 0 Å². The van der Waals surface area contributed by atoms with Crippen molar-refractivity contribution in [2.24, 2.45) is 0 Å². The van der Waals surface area contributed by atoms with Crippen molar-refractivity contribution in [1.82, 2.24) is 5.32 Å². The third kappa shape index (κ3) is 4.78. The van der Waals surface area contributed by atoms with E-state index in [1.807, 2.05) is 6.92 Å². The Hall–Kier alpha value is -1.47. The second-order valence-corrected chi connectivity index (χ2v) is 8.10. The molecule has 0 spiro atoms. The van der Waals surface area contributed by atoms with Crippen molar-refractivity contribution >= 4 is 21.4 Å². The van der Waals surface area contributed by atoms with E-state index < -0.39 is 9.84 Å². The van der Waals surface area contributed by atoms with Crippen LogP contribution in [0.2, 0.25) is 0 Å². The molecule has 1 aromatic carbocycles. The van der Waals surface area contributed by atoms with Gasteiger partial charge >= 0.3 is 0 Å². The zero-order chi connectivity index (χ0) is 16.2. The van der Waals surface area contributed by atoms with Crippen LogP contribution in [0.15, 0.2) is 24.3 Å². The highest BCUT2D eigenvalue weighted by molar-refractivity contribution is 7.92. The molecule has 0 bridgehead atoms. The third-order valence-electron chi connectivity index (χ3n) is 3.78. The molecule has 2 rings (SSSR count). The van der Waals surface area contributed by atoms with Gasteiger partial charge in [-0.2, -0.15) is 0 Å². The second-order valence-electron chi connectivity index (χ2n) is 5.70. The molecule has 1 fully saturated rings. The topological polar surface area (TPSA) is 75.3 Å². The molecular formula is C15H21FN2O3S. The smallest absolute Gasteiger partial charge is 0.225 e. The van der Waals surface area contributed by atoms with Crippen LogP contribution in [-0.4, -0.2) is 37.9 Å². The molecule has 1 amide bonds. The number of hydrogen-bond acceptors (Lipinski definition) is 4. The molecule has 0 unspecified atom stereocenters. The number of halogens is 1. The minimum atomic E-state index is -2.96. The van der Waals surface area contributed by atoms with Gasteiger partial charge in [-0.15, -0.1) is 0 Å². The zero-order valence-corrected chi connectivity index (χ0v) is 13.3. The molecule has 7 heteroatoms. The Morgan fingerprint density at radius 2 is 2.05 bits per heavy atom. The number of amides is 1. The summed E-state index contributed by atoms with van der Waals surface area (Å²) in [6.07, 6.45) is 1.63. The maximum Gasteiger partial charge on any atom is 0.225 e. The largest absolute Gasteiger partial charge is 0.326 e. The number of anilines is 1. The van der Waals surface area contributed by atoms with Crippen LogP contribution >= 0.6 is 0 Å². The fraction of sp³-hybridized carbons (Fsp3) is 0.533. The summed E-state index contributed by atoms with van der Waals surface area (Å²) in [5.74, 6) is -0.287. The number of sulfone groups is 1. The van der Waals surface area contributed by atoms with Gasteiger partial charge in [0.2, 0.25) is 5.91 Å². The minimum absolute atomic E-state index is 0.128. The monoisotopic (exact) mass is 328 g/mol. The van der Waals surface area contributed by atoms with Crippen LogP contribution in [-0.2, 0) is 14.6 Å². The lowest BCUT2D eigenvalue weighted by molar-refractivity contribution is -0.116. The molecule has 0 radical (unpaired) electrons. The summed E-state index contributed by atoms with van der Waals surface area (Å²) >= 11 is 0. The summed E-state index contributed by atoms with van der Waals surface area (Å²) < 4.78 is 36.2. The highest BCUT2D eigenvalue weighted by Gasteiger charge is 2.31. The van der Waals surface area contributed by atoms with Crippen molar-refractivity contribution in [2.45, 2.75) is 37.5 Å². The van der Waals surface area contributed by atoms with Crippen LogP contribution < -0.4 is 10.6 Å². The molecule has 0 aliphatic carbocycles. The maximum atomic E-state index is 12.8. The summed E-state index contributed by atoms with van der Waals surface area (Å²) in [6.45, 7) is 2.22. The molecular weight excluding hydrogens is 307 g/mol. The second kappa shape index (κ2) is 7.19. The molecule has 1 heterocycles. The van der Waals surface area contributed by atoms with E-state index in [0.29, 0.717) is 25.1 Å². The van der Waals surface area contributed by atoms with Crippen molar-refractivity contribution < 1.29 is 17.6 Å². The Balaban J connectivity index is 1.75. The number of hydrogen-bond donors (Lipinski definition) is 2. The lowest BCUT2D eigenvalue weighted by atomic mass is 10.2. The average molecular weight is 328 g/mol. The number of carbonyl (C=O) groups is 1. The van der Waals surface area contributed by atoms with Crippen molar-refractivity contribution in [3.05, 3.63) is 30.1 Å². The lowest BCUT2D eigenvalue weighted by Crippen LogP contribution is -2.37. The molecule has 1 aliphatic rings. The van der Waals surface area contributed by atoms with Gasteiger partial charge in [0.25, 0.3) is 0 Å². The van der Waals surface area contributed by atoms with E-state index in [1.54, 1.807) is 0 Å². The van der Waals surface area contributed by atoms with Crippen LogP contribution in [0.3, 0.4) is 0 Å². The fourth-order valence-electron chi connectivity index (χ4n) is 2.52. The van der Waals surface area contributed by atoms with Crippen LogP contribution in [0.5, 0.6) is 0 Å². The van der Waals surface area contributed by atoms with Gasteiger partial charge in [0.05, 0.1) is 11.0 Å². The number of carbonyl (C=O) groups excluding carboxylic acids is 1. The molecule has 2 atom stereocenters. The molecule has 1 aromatic rings. The van der Waals surface area contributed by atoms with E-state index >= 15 is 0 Å². The highest BCUT2D eigenvalue weighted by Crippen LogP contribution is 2.19. The Labute approximate surface area is 130 Å². The molecule has 22 heavy (non-hydrogen) atoms. The summed E-state index contributed by atoms with van der Waals surface area (Å²) in [7, 11) is -2.96. The van der Waals surface area contributed by atoms with Gasteiger partial charge in [-0.3, -0.25) is 4.79 Å². The van der Waals surface area contributed by atoms with Crippen LogP contribution in [0.25, 0.3) is 0 Å². The van der Waals surface area contributed by atoms with Gasteiger partial charge in [-0.25, -0.2) is 12.8 Å². The average Bonchev–Trinajstić information content (AvgIpc) is 2.78.